The van der Waals surface area contributed by atoms with Crippen LogP contribution in [0.15, 0.2) is 18.2 Å². The molecule has 1 aromatic rings. The van der Waals surface area contributed by atoms with Gasteiger partial charge in [0.1, 0.15) is 6.61 Å². The first kappa shape index (κ1) is 12.1. The molecule has 0 saturated carbocycles. The summed E-state index contributed by atoms with van der Waals surface area (Å²) in [5.74, 6) is 0.623. The van der Waals surface area contributed by atoms with Crippen LogP contribution in [0.4, 0.5) is 0 Å². The fraction of sp³-hybridized carbons (Fsp3) is 0.417. The summed E-state index contributed by atoms with van der Waals surface area (Å²) in [4.78, 5) is 11.6. The van der Waals surface area contributed by atoms with Crippen LogP contribution in [0.3, 0.4) is 0 Å². The van der Waals surface area contributed by atoms with Crippen molar-refractivity contribution < 1.29 is 9.53 Å². The Bertz CT molecular complexity index is 347. The Morgan fingerprint density at radius 2 is 2.13 bits per heavy atom. The van der Waals surface area contributed by atoms with Gasteiger partial charge in [-0.1, -0.05) is 17.7 Å². The topological polar surface area (TPSA) is 26.3 Å². The summed E-state index contributed by atoms with van der Waals surface area (Å²) < 4.78 is 5.13. The Labute approximate surface area is 95.0 Å². The minimum absolute atomic E-state index is 0.221. The summed E-state index contributed by atoms with van der Waals surface area (Å²) in [6.07, 6.45) is 1.99. The fourth-order valence-electron chi connectivity index (χ4n) is 1.34. The van der Waals surface area contributed by atoms with Gasteiger partial charge >= 0.3 is 5.97 Å². The van der Waals surface area contributed by atoms with Crippen molar-refractivity contribution in [1.29, 1.82) is 0 Å². The van der Waals surface area contributed by atoms with Gasteiger partial charge in [-0.2, -0.15) is 11.8 Å². The zero-order chi connectivity index (χ0) is 11.3. The van der Waals surface area contributed by atoms with Crippen molar-refractivity contribution >= 4 is 17.7 Å². The molecule has 0 radical (unpaired) electrons. The Hall–Kier alpha value is -0.960. The van der Waals surface area contributed by atoms with Crippen LogP contribution in [0.2, 0.25) is 0 Å². The first-order valence-electron chi connectivity index (χ1n) is 4.88. The van der Waals surface area contributed by atoms with E-state index in [1.54, 1.807) is 11.8 Å². The molecule has 0 atom stereocenters. The molecule has 0 spiro atoms. The maximum atomic E-state index is 11.6. The third-order valence-electron chi connectivity index (χ3n) is 2.12. The van der Waals surface area contributed by atoms with Crippen molar-refractivity contribution in [1.82, 2.24) is 0 Å². The Morgan fingerprint density at radius 3 is 2.73 bits per heavy atom. The number of carbonyl (C=O) groups excluding carboxylic acids is 1. The molecular weight excluding hydrogens is 208 g/mol. The van der Waals surface area contributed by atoms with Crippen LogP contribution in [0, 0.1) is 13.8 Å². The second-order valence-corrected chi connectivity index (χ2v) is 4.43. The maximum Gasteiger partial charge on any atom is 0.338 e. The van der Waals surface area contributed by atoms with Crippen LogP contribution in [0.1, 0.15) is 21.5 Å². The van der Waals surface area contributed by atoms with Gasteiger partial charge in [0.25, 0.3) is 0 Å². The summed E-state index contributed by atoms with van der Waals surface area (Å²) >= 11 is 1.67. The molecule has 0 saturated heterocycles. The second-order valence-electron chi connectivity index (χ2n) is 3.45. The predicted molar refractivity (Wildman–Crippen MR) is 64.6 cm³/mol. The molecule has 1 aromatic carbocycles. The average Bonchev–Trinajstić information content (AvgIpc) is 2.17. The molecule has 3 heteroatoms. The molecule has 2 nitrogen and oxygen atoms in total. The quantitative estimate of drug-likeness (QED) is 0.581. The summed E-state index contributed by atoms with van der Waals surface area (Å²) in [5, 5.41) is 0. The van der Waals surface area contributed by atoms with Crippen LogP contribution < -0.4 is 0 Å². The van der Waals surface area contributed by atoms with Crippen molar-refractivity contribution in [2.45, 2.75) is 13.8 Å². The SMILES string of the molecule is CSCCOC(=O)c1ccc(C)cc1C. The van der Waals surface area contributed by atoms with Gasteiger partial charge in [0, 0.05) is 5.75 Å². The van der Waals surface area contributed by atoms with Crippen LogP contribution in [0.5, 0.6) is 0 Å². The van der Waals surface area contributed by atoms with Crippen molar-refractivity contribution in [2.24, 2.45) is 0 Å². The molecule has 0 heterocycles. The number of thioether (sulfide) groups is 1. The minimum Gasteiger partial charge on any atom is -0.461 e. The number of hydrogen-bond donors (Lipinski definition) is 0. The largest absolute Gasteiger partial charge is 0.461 e. The molecule has 15 heavy (non-hydrogen) atoms. The van der Waals surface area contributed by atoms with Crippen LogP contribution >= 0.6 is 11.8 Å². The van der Waals surface area contributed by atoms with E-state index in [1.807, 2.05) is 38.3 Å². The molecule has 0 N–H and O–H groups in total. The highest BCUT2D eigenvalue weighted by molar-refractivity contribution is 7.98. The number of benzene rings is 1. The molecule has 0 unspecified atom stereocenters. The third-order valence-corrected chi connectivity index (χ3v) is 2.70. The smallest absolute Gasteiger partial charge is 0.338 e. The fourth-order valence-corrected chi connectivity index (χ4v) is 1.59. The van der Waals surface area contributed by atoms with Gasteiger partial charge in [-0.3, -0.25) is 0 Å². The van der Waals surface area contributed by atoms with E-state index >= 15 is 0 Å². The Morgan fingerprint density at radius 1 is 1.40 bits per heavy atom. The number of rotatable bonds is 4. The lowest BCUT2D eigenvalue weighted by molar-refractivity contribution is 0.0529. The summed E-state index contributed by atoms with van der Waals surface area (Å²) in [6.45, 7) is 4.42. The number of carbonyl (C=O) groups is 1. The van der Waals surface area contributed by atoms with E-state index in [-0.39, 0.29) is 5.97 Å². The number of aryl methyl sites for hydroxylation is 2. The summed E-state index contributed by atoms with van der Waals surface area (Å²) in [5.41, 5.74) is 2.80. The maximum absolute atomic E-state index is 11.6. The van der Waals surface area contributed by atoms with Gasteiger partial charge in [0.05, 0.1) is 5.56 Å². The summed E-state index contributed by atoms with van der Waals surface area (Å²) in [7, 11) is 0. The third kappa shape index (κ3) is 3.59. The first-order valence-corrected chi connectivity index (χ1v) is 6.28. The van der Waals surface area contributed by atoms with Crippen molar-refractivity contribution in [3.8, 4) is 0 Å². The van der Waals surface area contributed by atoms with Crippen molar-refractivity contribution in [3.63, 3.8) is 0 Å². The highest BCUT2D eigenvalue weighted by atomic mass is 32.2. The molecule has 82 valence electrons. The van der Waals surface area contributed by atoms with Gasteiger partial charge in [0.2, 0.25) is 0 Å². The lowest BCUT2D eigenvalue weighted by Crippen LogP contribution is -2.09. The van der Waals surface area contributed by atoms with E-state index in [0.717, 1.165) is 16.9 Å². The van der Waals surface area contributed by atoms with Crippen molar-refractivity contribution in [2.75, 3.05) is 18.6 Å². The molecule has 0 aliphatic rings. The second kappa shape index (κ2) is 5.81. The van der Waals surface area contributed by atoms with Gasteiger partial charge in [-0.25, -0.2) is 4.79 Å². The first-order chi connectivity index (χ1) is 7.15. The normalized spacial score (nSPS) is 10.1. The van der Waals surface area contributed by atoms with Crippen LogP contribution in [-0.2, 0) is 4.74 Å². The lowest BCUT2D eigenvalue weighted by atomic mass is 10.1. The lowest BCUT2D eigenvalue weighted by Gasteiger charge is -2.06. The predicted octanol–water partition coefficient (Wildman–Crippen LogP) is 2.82. The molecule has 0 fully saturated rings. The highest BCUT2D eigenvalue weighted by Gasteiger charge is 2.09. The van der Waals surface area contributed by atoms with E-state index in [2.05, 4.69) is 0 Å². The van der Waals surface area contributed by atoms with Gasteiger partial charge in [0.15, 0.2) is 0 Å². The monoisotopic (exact) mass is 224 g/mol. The Balaban J connectivity index is 2.65. The van der Waals surface area contributed by atoms with E-state index in [1.165, 1.54) is 0 Å². The zero-order valence-electron chi connectivity index (χ0n) is 9.37. The summed E-state index contributed by atoms with van der Waals surface area (Å²) in [6, 6.07) is 5.75. The molecule has 0 aliphatic heterocycles. The minimum atomic E-state index is -0.221. The molecule has 0 bridgehead atoms. The van der Waals surface area contributed by atoms with Crippen LogP contribution in [-0.4, -0.2) is 24.6 Å². The van der Waals surface area contributed by atoms with Crippen LogP contribution in [0.25, 0.3) is 0 Å². The molecular formula is C12H16O2S. The standard InChI is InChI=1S/C12H16O2S/c1-9-4-5-11(10(2)8-9)12(13)14-6-7-15-3/h4-5,8H,6-7H2,1-3H3. The molecule has 0 aliphatic carbocycles. The van der Waals surface area contributed by atoms with Crippen molar-refractivity contribution in [3.05, 3.63) is 34.9 Å². The zero-order valence-corrected chi connectivity index (χ0v) is 10.2. The molecule has 0 amide bonds. The Kier molecular flexibility index (Phi) is 4.69. The van der Waals surface area contributed by atoms with Gasteiger partial charge in [-0.05, 0) is 31.7 Å². The molecule has 1 rings (SSSR count). The number of hydrogen-bond acceptors (Lipinski definition) is 3. The highest BCUT2D eigenvalue weighted by Crippen LogP contribution is 2.11. The van der Waals surface area contributed by atoms with E-state index in [9.17, 15) is 4.79 Å². The van der Waals surface area contributed by atoms with Gasteiger partial charge in [-0.15, -0.1) is 0 Å². The van der Waals surface area contributed by atoms with E-state index in [4.69, 9.17) is 4.74 Å². The van der Waals surface area contributed by atoms with Gasteiger partial charge < -0.3 is 4.74 Å². The average molecular weight is 224 g/mol. The van der Waals surface area contributed by atoms with E-state index in [0.29, 0.717) is 12.2 Å². The molecule has 0 aromatic heterocycles. The van der Waals surface area contributed by atoms with E-state index < -0.39 is 0 Å². The number of esters is 1. The number of ether oxygens (including phenoxy) is 1.